The first-order chi connectivity index (χ1) is 10.00. The molecule has 0 amide bonds. The molecular weight excluding hydrogens is 407 g/mol. The van der Waals surface area contributed by atoms with Crippen molar-refractivity contribution in [2.75, 3.05) is 26.2 Å². The molecule has 0 aliphatic carbocycles. The lowest BCUT2D eigenvalue weighted by atomic mass is 9.93. The summed E-state index contributed by atoms with van der Waals surface area (Å²) in [7, 11) is 0. The van der Waals surface area contributed by atoms with Gasteiger partial charge in [0.05, 0.1) is 5.01 Å². The van der Waals surface area contributed by atoms with Gasteiger partial charge in [0, 0.05) is 43.7 Å². The van der Waals surface area contributed by atoms with Crippen LogP contribution >= 0.6 is 35.3 Å². The molecule has 0 saturated carbocycles. The van der Waals surface area contributed by atoms with E-state index < -0.39 is 0 Å². The van der Waals surface area contributed by atoms with Crippen LogP contribution in [-0.2, 0) is 6.42 Å². The number of halogens is 1. The third kappa shape index (κ3) is 6.02. The van der Waals surface area contributed by atoms with Gasteiger partial charge in [0.1, 0.15) is 0 Å². The molecule has 6 heteroatoms. The minimum Gasteiger partial charge on any atom is -0.357 e. The number of hydrogen-bond acceptors (Lipinski definition) is 3. The molecular formula is C16H29IN4S. The van der Waals surface area contributed by atoms with Crippen molar-refractivity contribution >= 4 is 41.3 Å². The van der Waals surface area contributed by atoms with Gasteiger partial charge >= 0.3 is 0 Å². The molecule has 0 bridgehead atoms. The number of hydrogen-bond donors (Lipinski definition) is 1. The number of nitrogens with zero attached hydrogens (tertiary/aromatic N) is 3. The van der Waals surface area contributed by atoms with Gasteiger partial charge < -0.3 is 10.2 Å². The van der Waals surface area contributed by atoms with Gasteiger partial charge in [-0.05, 0) is 32.1 Å². The van der Waals surface area contributed by atoms with Gasteiger partial charge in [0.15, 0.2) is 5.96 Å². The van der Waals surface area contributed by atoms with Crippen LogP contribution in [0, 0.1) is 12.3 Å². The van der Waals surface area contributed by atoms with E-state index in [4.69, 9.17) is 4.99 Å². The monoisotopic (exact) mass is 436 g/mol. The number of aryl methyl sites for hydroxylation is 2. The average molecular weight is 436 g/mol. The first-order valence-corrected chi connectivity index (χ1v) is 8.82. The third-order valence-electron chi connectivity index (χ3n) is 3.79. The lowest BCUT2D eigenvalue weighted by Crippen LogP contribution is -2.40. The van der Waals surface area contributed by atoms with E-state index in [1.807, 2.05) is 0 Å². The standard InChI is InChI=1S/C16H28N4S.HI/c1-5-17-15(20-10-8-16(3,4)12-20)18-9-6-7-14-19-13(2)11-21-14;/h11H,5-10,12H2,1-4H3,(H,17,18);1H. The van der Waals surface area contributed by atoms with Gasteiger partial charge in [-0.25, -0.2) is 4.98 Å². The van der Waals surface area contributed by atoms with Crippen LogP contribution in [-0.4, -0.2) is 42.0 Å². The zero-order chi connectivity index (χ0) is 15.3. The van der Waals surface area contributed by atoms with Crippen molar-refractivity contribution < 1.29 is 0 Å². The van der Waals surface area contributed by atoms with Crippen LogP contribution < -0.4 is 5.32 Å². The first kappa shape index (κ1) is 19.7. The normalized spacial score (nSPS) is 17.5. The highest BCUT2D eigenvalue weighted by Crippen LogP contribution is 2.28. The number of guanidine groups is 1. The van der Waals surface area contributed by atoms with Crippen molar-refractivity contribution in [2.24, 2.45) is 10.4 Å². The van der Waals surface area contributed by atoms with Crippen molar-refractivity contribution in [1.82, 2.24) is 15.2 Å². The van der Waals surface area contributed by atoms with Gasteiger partial charge in [0.25, 0.3) is 0 Å². The summed E-state index contributed by atoms with van der Waals surface area (Å²) in [6.45, 7) is 12.9. The second-order valence-electron chi connectivity index (χ2n) is 6.56. The molecule has 0 atom stereocenters. The first-order valence-electron chi connectivity index (χ1n) is 7.94. The summed E-state index contributed by atoms with van der Waals surface area (Å²) in [5.74, 6) is 1.08. The van der Waals surface area contributed by atoms with E-state index >= 15 is 0 Å². The average Bonchev–Trinajstić information content (AvgIpc) is 2.99. The molecule has 4 nitrogen and oxygen atoms in total. The van der Waals surface area contributed by atoms with Crippen LogP contribution in [0.1, 0.15) is 44.3 Å². The Balaban J connectivity index is 0.00000242. The molecule has 1 N–H and O–H groups in total. The van der Waals surface area contributed by atoms with Crippen molar-refractivity contribution in [2.45, 2.75) is 47.0 Å². The summed E-state index contributed by atoms with van der Waals surface area (Å²) in [4.78, 5) is 11.7. The maximum absolute atomic E-state index is 4.79. The molecule has 0 unspecified atom stereocenters. The van der Waals surface area contributed by atoms with Crippen molar-refractivity contribution in [3.8, 4) is 0 Å². The van der Waals surface area contributed by atoms with Gasteiger partial charge in [-0.1, -0.05) is 13.8 Å². The fourth-order valence-electron chi connectivity index (χ4n) is 2.65. The van der Waals surface area contributed by atoms with E-state index in [0.717, 1.165) is 50.7 Å². The molecule has 0 spiro atoms. The molecule has 1 aliphatic heterocycles. The summed E-state index contributed by atoms with van der Waals surface area (Å²) in [5.41, 5.74) is 1.54. The maximum Gasteiger partial charge on any atom is 0.193 e. The summed E-state index contributed by atoms with van der Waals surface area (Å²) >= 11 is 1.76. The Morgan fingerprint density at radius 1 is 1.50 bits per heavy atom. The highest BCUT2D eigenvalue weighted by molar-refractivity contribution is 14.0. The van der Waals surface area contributed by atoms with Gasteiger partial charge in [-0.2, -0.15) is 0 Å². The van der Waals surface area contributed by atoms with Crippen LogP contribution in [0.4, 0.5) is 0 Å². The molecule has 2 rings (SSSR count). The quantitative estimate of drug-likeness (QED) is 0.331. The molecule has 2 heterocycles. The molecule has 1 aromatic heterocycles. The Morgan fingerprint density at radius 2 is 2.27 bits per heavy atom. The predicted molar refractivity (Wildman–Crippen MR) is 107 cm³/mol. The van der Waals surface area contributed by atoms with Crippen LogP contribution in [0.3, 0.4) is 0 Å². The van der Waals surface area contributed by atoms with E-state index in [9.17, 15) is 0 Å². The Morgan fingerprint density at radius 3 is 2.82 bits per heavy atom. The van der Waals surface area contributed by atoms with Gasteiger partial charge in [0.2, 0.25) is 0 Å². The SMILES string of the molecule is CCNC(=NCCCc1nc(C)cs1)N1CCC(C)(C)C1.I. The second-order valence-corrected chi connectivity index (χ2v) is 7.50. The van der Waals surface area contributed by atoms with Crippen LogP contribution in [0.2, 0.25) is 0 Å². The summed E-state index contributed by atoms with van der Waals surface area (Å²) in [5, 5.41) is 6.78. The Bertz CT molecular complexity index is 484. The summed E-state index contributed by atoms with van der Waals surface area (Å²) < 4.78 is 0. The van der Waals surface area contributed by atoms with E-state index in [1.54, 1.807) is 11.3 Å². The van der Waals surface area contributed by atoms with E-state index in [1.165, 1.54) is 11.4 Å². The zero-order valence-corrected chi connectivity index (χ0v) is 17.3. The number of likely N-dealkylation sites (tertiary alicyclic amines) is 1. The fourth-order valence-corrected chi connectivity index (χ4v) is 3.47. The molecule has 0 aromatic carbocycles. The molecule has 1 saturated heterocycles. The van der Waals surface area contributed by atoms with Gasteiger partial charge in [-0.3, -0.25) is 4.99 Å². The highest BCUT2D eigenvalue weighted by atomic mass is 127. The molecule has 1 fully saturated rings. The second kappa shape index (κ2) is 9.05. The number of aliphatic imine (C=N–C) groups is 1. The number of rotatable bonds is 5. The molecule has 1 aliphatic rings. The van der Waals surface area contributed by atoms with Crippen molar-refractivity contribution in [3.05, 3.63) is 16.1 Å². The Kier molecular flexibility index (Phi) is 8.10. The zero-order valence-electron chi connectivity index (χ0n) is 14.2. The van der Waals surface area contributed by atoms with Crippen LogP contribution in [0.5, 0.6) is 0 Å². The summed E-state index contributed by atoms with van der Waals surface area (Å²) in [6.07, 6.45) is 3.35. The minimum absolute atomic E-state index is 0. The number of aromatic nitrogens is 1. The molecule has 22 heavy (non-hydrogen) atoms. The number of nitrogens with one attached hydrogen (secondary N) is 1. The lowest BCUT2D eigenvalue weighted by Gasteiger charge is -2.23. The van der Waals surface area contributed by atoms with Crippen LogP contribution in [0.15, 0.2) is 10.4 Å². The third-order valence-corrected chi connectivity index (χ3v) is 4.82. The molecule has 126 valence electrons. The smallest absolute Gasteiger partial charge is 0.193 e. The molecule has 0 radical (unpaired) electrons. The Hall–Kier alpha value is -0.370. The molecule has 1 aromatic rings. The van der Waals surface area contributed by atoms with Crippen LogP contribution in [0.25, 0.3) is 0 Å². The topological polar surface area (TPSA) is 40.5 Å². The predicted octanol–water partition coefficient (Wildman–Crippen LogP) is 3.70. The minimum atomic E-state index is 0. The van der Waals surface area contributed by atoms with E-state index in [-0.39, 0.29) is 24.0 Å². The van der Waals surface area contributed by atoms with E-state index in [2.05, 4.69) is 48.3 Å². The number of thiazole rings is 1. The highest BCUT2D eigenvalue weighted by Gasteiger charge is 2.30. The van der Waals surface area contributed by atoms with Crippen molar-refractivity contribution in [3.63, 3.8) is 0 Å². The lowest BCUT2D eigenvalue weighted by molar-refractivity contribution is 0.370. The fraction of sp³-hybridized carbons (Fsp3) is 0.750. The maximum atomic E-state index is 4.79. The van der Waals surface area contributed by atoms with Crippen molar-refractivity contribution in [1.29, 1.82) is 0 Å². The largest absolute Gasteiger partial charge is 0.357 e. The van der Waals surface area contributed by atoms with Gasteiger partial charge in [-0.15, -0.1) is 35.3 Å². The van der Waals surface area contributed by atoms with E-state index in [0.29, 0.717) is 5.41 Å². The summed E-state index contributed by atoms with van der Waals surface area (Å²) in [6, 6.07) is 0. The Labute approximate surface area is 155 Å².